The second-order valence-corrected chi connectivity index (χ2v) is 3.91. The van der Waals surface area contributed by atoms with Crippen LogP contribution in [0.1, 0.15) is 23.1 Å². The van der Waals surface area contributed by atoms with Gasteiger partial charge in [-0.15, -0.1) is 13.2 Å². The second kappa shape index (κ2) is 5.70. The molecule has 1 rings (SSSR count). The van der Waals surface area contributed by atoms with E-state index in [9.17, 15) is 35.1 Å². The number of hydrogen-bond acceptors (Lipinski definition) is 2. The van der Waals surface area contributed by atoms with E-state index in [0.29, 0.717) is 0 Å². The molecule has 0 aliphatic heterocycles. The highest BCUT2D eigenvalue weighted by atomic mass is 79.9. The van der Waals surface area contributed by atoms with Crippen molar-refractivity contribution in [3.05, 3.63) is 22.9 Å². The van der Waals surface area contributed by atoms with Crippen LogP contribution in [0.15, 0.2) is 6.20 Å². The molecule has 0 aliphatic rings. The van der Waals surface area contributed by atoms with Crippen molar-refractivity contribution in [3.8, 4) is 5.88 Å². The molecule has 0 saturated heterocycles. The maximum atomic E-state index is 12.8. The van der Waals surface area contributed by atoms with Gasteiger partial charge in [0.25, 0.3) is 6.43 Å². The Balaban J connectivity index is 3.53. The first-order valence-electron chi connectivity index (χ1n) is 4.66. The molecule has 0 radical (unpaired) electrons. The highest BCUT2D eigenvalue weighted by Gasteiger charge is 2.42. The number of hydrogen-bond donors (Lipinski definition) is 0. The number of pyridine rings is 1. The van der Waals surface area contributed by atoms with E-state index in [1.54, 1.807) is 0 Å². The SMILES string of the molecule is FC(F)c1cnc(OC(F)(F)F)c(CBr)c1C(F)(F)F. The number of alkyl halides is 9. The smallest absolute Gasteiger partial charge is 0.388 e. The Bertz CT molecular complexity index is 484. The van der Waals surface area contributed by atoms with E-state index >= 15 is 0 Å². The summed E-state index contributed by atoms with van der Waals surface area (Å²) in [6.45, 7) is 0. The Hall–Kier alpha value is -1.13. The fourth-order valence-electron chi connectivity index (χ4n) is 1.37. The van der Waals surface area contributed by atoms with Crippen molar-refractivity contribution < 1.29 is 39.9 Å². The summed E-state index contributed by atoms with van der Waals surface area (Å²) in [6.07, 6.45) is -14.1. The Labute approximate surface area is 114 Å². The van der Waals surface area contributed by atoms with Crippen molar-refractivity contribution in [2.45, 2.75) is 24.3 Å². The lowest BCUT2D eigenvalue weighted by Gasteiger charge is -2.19. The number of rotatable bonds is 3. The molecular weight excluding hydrogens is 370 g/mol. The number of aromatic nitrogens is 1. The highest BCUT2D eigenvalue weighted by Crippen LogP contribution is 2.42. The van der Waals surface area contributed by atoms with Crippen molar-refractivity contribution in [2.75, 3.05) is 0 Å². The zero-order chi connectivity index (χ0) is 15.7. The quantitative estimate of drug-likeness (QED) is 0.559. The van der Waals surface area contributed by atoms with Crippen LogP contribution in [0.4, 0.5) is 35.1 Å². The summed E-state index contributed by atoms with van der Waals surface area (Å²) in [5.74, 6) is -1.42. The van der Waals surface area contributed by atoms with Gasteiger partial charge in [0.1, 0.15) is 0 Å². The monoisotopic (exact) mass is 373 g/mol. The molecule has 1 aromatic heterocycles. The molecule has 0 bridgehead atoms. The Morgan fingerprint density at radius 1 is 1.15 bits per heavy atom. The number of ether oxygens (including phenoxy) is 1. The third-order valence-corrected chi connectivity index (χ3v) is 2.59. The summed E-state index contributed by atoms with van der Waals surface area (Å²) in [4.78, 5) is 2.88. The van der Waals surface area contributed by atoms with Gasteiger partial charge in [0, 0.05) is 22.7 Å². The van der Waals surface area contributed by atoms with Crippen LogP contribution in [0.25, 0.3) is 0 Å². The molecule has 0 unspecified atom stereocenters. The minimum Gasteiger partial charge on any atom is -0.388 e. The van der Waals surface area contributed by atoms with Crippen LogP contribution in [0.3, 0.4) is 0 Å². The fraction of sp³-hybridized carbons (Fsp3) is 0.444. The molecule has 0 aliphatic carbocycles. The van der Waals surface area contributed by atoms with Crippen LogP contribution in [0, 0.1) is 0 Å². The van der Waals surface area contributed by atoms with Crippen LogP contribution in [-0.2, 0) is 11.5 Å². The first-order valence-corrected chi connectivity index (χ1v) is 5.78. The van der Waals surface area contributed by atoms with Gasteiger partial charge in [-0.3, -0.25) is 0 Å². The van der Waals surface area contributed by atoms with Crippen LogP contribution >= 0.6 is 15.9 Å². The lowest BCUT2D eigenvalue weighted by atomic mass is 10.0. The average molecular weight is 374 g/mol. The van der Waals surface area contributed by atoms with Gasteiger partial charge in [-0.2, -0.15) is 13.2 Å². The summed E-state index contributed by atoms with van der Waals surface area (Å²) >= 11 is 2.51. The predicted octanol–water partition coefficient (Wildman–Crippen LogP) is 4.83. The minimum atomic E-state index is -5.29. The molecule has 0 N–H and O–H groups in total. The summed E-state index contributed by atoms with van der Waals surface area (Å²) in [6, 6.07) is 0. The normalized spacial score (nSPS) is 12.9. The number of nitrogens with zero attached hydrogens (tertiary/aromatic N) is 1. The molecule has 11 heteroatoms. The molecule has 2 nitrogen and oxygen atoms in total. The van der Waals surface area contributed by atoms with Gasteiger partial charge in [-0.25, -0.2) is 13.8 Å². The van der Waals surface area contributed by atoms with Crippen molar-refractivity contribution in [2.24, 2.45) is 0 Å². The summed E-state index contributed by atoms with van der Waals surface area (Å²) in [7, 11) is 0. The maximum Gasteiger partial charge on any atom is 0.574 e. The molecule has 0 fully saturated rings. The Morgan fingerprint density at radius 2 is 1.70 bits per heavy atom. The number of halogens is 9. The lowest BCUT2D eigenvalue weighted by molar-refractivity contribution is -0.276. The summed E-state index contributed by atoms with van der Waals surface area (Å²) in [5.41, 5.74) is -4.55. The predicted molar refractivity (Wildman–Crippen MR) is 53.5 cm³/mol. The van der Waals surface area contributed by atoms with Crippen molar-refractivity contribution in [1.82, 2.24) is 4.98 Å². The average Bonchev–Trinajstić information content (AvgIpc) is 2.24. The summed E-state index contributed by atoms with van der Waals surface area (Å²) in [5, 5.41) is -0.791. The van der Waals surface area contributed by atoms with E-state index in [-0.39, 0.29) is 6.20 Å². The van der Waals surface area contributed by atoms with Gasteiger partial charge >= 0.3 is 12.5 Å². The largest absolute Gasteiger partial charge is 0.574 e. The molecular formula is C9H4BrF8NO. The van der Waals surface area contributed by atoms with Crippen molar-refractivity contribution >= 4 is 15.9 Å². The molecule has 0 spiro atoms. The van der Waals surface area contributed by atoms with Crippen LogP contribution < -0.4 is 4.74 Å². The molecule has 20 heavy (non-hydrogen) atoms. The van der Waals surface area contributed by atoms with Crippen molar-refractivity contribution in [3.63, 3.8) is 0 Å². The van der Waals surface area contributed by atoms with Gasteiger partial charge in [-0.1, -0.05) is 15.9 Å². The van der Waals surface area contributed by atoms with Crippen LogP contribution in [0.2, 0.25) is 0 Å². The van der Waals surface area contributed by atoms with E-state index in [1.165, 1.54) is 0 Å². The van der Waals surface area contributed by atoms with Gasteiger partial charge in [0.15, 0.2) is 0 Å². The molecule has 1 heterocycles. The Morgan fingerprint density at radius 3 is 2.05 bits per heavy atom. The summed E-state index contributed by atoms with van der Waals surface area (Å²) < 4.78 is 103. The second-order valence-electron chi connectivity index (χ2n) is 3.35. The van der Waals surface area contributed by atoms with Gasteiger partial charge in [-0.05, 0) is 0 Å². The molecule has 0 amide bonds. The van der Waals surface area contributed by atoms with E-state index in [4.69, 9.17) is 0 Å². The van der Waals surface area contributed by atoms with Crippen LogP contribution in [-0.4, -0.2) is 11.3 Å². The zero-order valence-corrected chi connectivity index (χ0v) is 10.7. The fourth-order valence-corrected chi connectivity index (χ4v) is 1.89. The molecule has 0 aromatic carbocycles. The minimum absolute atomic E-state index is 0.0146. The van der Waals surface area contributed by atoms with E-state index in [2.05, 4.69) is 25.7 Å². The van der Waals surface area contributed by atoms with Gasteiger partial charge in [0.05, 0.1) is 5.56 Å². The third kappa shape index (κ3) is 3.93. The van der Waals surface area contributed by atoms with Crippen molar-refractivity contribution in [1.29, 1.82) is 0 Å². The van der Waals surface area contributed by atoms with Crippen LogP contribution in [0.5, 0.6) is 5.88 Å². The molecule has 0 saturated carbocycles. The van der Waals surface area contributed by atoms with E-state index < -0.39 is 46.9 Å². The Kier molecular flexibility index (Phi) is 4.82. The topological polar surface area (TPSA) is 22.1 Å². The maximum absolute atomic E-state index is 12.8. The van der Waals surface area contributed by atoms with E-state index in [1.807, 2.05) is 0 Å². The first-order chi connectivity index (χ1) is 8.97. The first kappa shape index (κ1) is 16.9. The third-order valence-electron chi connectivity index (χ3n) is 2.03. The molecule has 114 valence electrons. The highest BCUT2D eigenvalue weighted by molar-refractivity contribution is 9.08. The molecule has 1 aromatic rings. The lowest BCUT2D eigenvalue weighted by Crippen LogP contribution is -2.21. The zero-order valence-electron chi connectivity index (χ0n) is 9.12. The van der Waals surface area contributed by atoms with E-state index in [0.717, 1.165) is 0 Å². The van der Waals surface area contributed by atoms with Gasteiger partial charge < -0.3 is 4.74 Å². The standard InChI is InChI=1S/C9H4BrF8NO/c10-1-3-5(8(13,14)15)4(6(11)12)2-19-7(3)20-9(16,17)18/h2,6H,1H2. The molecule has 0 atom stereocenters. The van der Waals surface area contributed by atoms with Gasteiger partial charge in [0.2, 0.25) is 5.88 Å².